The highest BCUT2D eigenvalue weighted by molar-refractivity contribution is 9.10. The summed E-state index contributed by atoms with van der Waals surface area (Å²) in [4.78, 5) is 18.0. The number of nitrogens with zero attached hydrogens (tertiary/aromatic N) is 1. The largest absolute Gasteiger partial charge is 0.489 e. The van der Waals surface area contributed by atoms with E-state index in [0.29, 0.717) is 11.7 Å². The van der Waals surface area contributed by atoms with E-state index in [9.17, 15) is 4.79 Å². The molecule has 0 aliphatic rings. The number of carbonyl (C=O) groups excluding carboxylic acids is 1. The molecule has 0 saturated carbocycles. The third-order valence-electron chi connectivity index (χ3n) is 4.98. The fourth-order valence-corrected chi connectivity index (χ4v) is 4.27. The highest BCUT2D eigenvalue weighted by atomic mass is 79.9. The van der Waals surface area contributed by atoms with Gasteiger partial charge in [-0.15, -0.1) is 11.3 Å². The Balaban J connectivity index is 1.32. The number of benzene rings is 3. The summed E-state index contributed by atoms with van der Waals surface area (Å²) < 4.78 is 6.85. The number of nitrogens with one attached hydrogen (secondary N) is 1. The van der Waals surface area contributed by atoms with E-state index in [0.717, 1.165) is 37.5 Å². The Kier molecular flexibility index (Phi) is 7.37. The number of halogens is 1. The zero-order chi connectivity index (χ0) is 23.2. The van der Waals surface area contributed by atoms with Gasteiger partial charge in [-0.3, -0.25) is 10.1 Å². The molecule has 6 heteroatoms. The van der Waals surface area contributed by atoms with Crippen molar-refractivity contribution in [1.82, 2.24) is 4.98 Å². The number of aromatic nitrogens is 1. The molecule has 166 valence electrons. The smallest absolute Gasteiger partial charge is 0.250 e. The van der Waals surface area contributed by atoms with E-state index in [4.69, 9.17) is 4.74 Å². The van der Waals surface area contributed by atoms with E-state index in [1.807, 2.05) is 55.5 Å². The van der Waals surface area contributed by atoms with Gasteiger partial charge in [0.25, 0.3) is 0 Å². The molecule has 0 saturated heterocycles. The van der Waals surface area contributed by atoms with Crippen LogP contribution in [0.1, 0.15) is 21.6 Å². The Morgan fingerprint density at radius 3 is 2.39 bits per heavy atom. The maximum Gasteiger partial charge on any atom is 0.250 e. The highest BCUT2D eigenvalue weighted by Crippen LogP contribution is 2.31. The molecule has 0 radical (unpaired) electrons. The van der Waals surface area contributed by atoms with Crippen molar-refractivity contribution >= 4 is 44.4 Å². The summed E-state index contributed by atoms with van der Waals surface area (Å²) in [5.41, 5.74) is 5.18. The Bertz CT molecular complexity index is 1260. The lowest BCUT2D eigenvalue weighted by Gasteiger charge is -2.07. The van der Waals surface area contributed by atoms with Crippen LogP contribution in [0.25, 0.3) is 17.3 Å². The number of carbonyl (C=O) groups is 1. The second-order valence-corrected chi connectivity index (χ2v) is 9.72. The SMILES string of the molecule is Cc1ccc(COc2ccc(/C=C/C(=O)Nc3nc(-c4ccc(Br)cc4)c(C)s3)cc2)cc1. The molecule has 0 aliphatic carbocycles. The average Bonchev–Trinajstić information content (AvgIpc) is 3.18. The lowest BCUT2D eigenvalue weighted by atomic mass is 10.1. The Morgan fingerprint density at radius 2 is 1.70 bits per heavy atom. The molecular formula is C27H23BrN2O2S. The molecule has 0 spiro atoms. The molecule has 0 unspecified atom stereocenters. The van der Waals surface area contributed by atoms with Crippen LogP contribution in [0.3, 0.4) is 0 Å². The normalized spacial score (nSPS) is 11.0. The molecular weight excluding hydrogens is 496 g/mol. The molecule has 0 atom stereocenters. The Labute approximate surface area is 206 Å². The van der Waals surface area contributed by atoms with Gasteiger partial charge in [0.15, 0.2) is 5.13 Å². The van der Waals surface area contributed by atoms with E-state index in [1.165, 1.54) is 23.0 Å². The first-order chi connectivity index (χ1) is 16.0. The third kappa shape index (κ3) is 6.40. The van der Waals surface area contributed by atoms with Crippen molar-refractivity contribution in [3.8, 4) is 17.0 Å². The predicted molar refractivity (Wildman–Crippen MR) is 140 cm³/mol. The van der Waals surface area contributed by atoms with Gasteiger partial charge in [0.2, 0.25) is 5.91 Å². The standard InChI is InChI=1S/C27H23BrN2O2S/c1-18-3-5-21(6-4-18)17-32-24-14-7-20(8-15-24)9-16-25(31)29-27-30-26(19(2)33-27)22-10-12-23(28)13-11-22/h3-16H,17H2,1-2H3,(H,29,30,31)/b16-9+. The van der Waals surface area contributed by atoms with Crippen LogP contribution in [-0.2, 0) is 11.4 Å². The maximum absolute atomic E-state index is 12.4. The van der Waals surface area contributed by atoms with Gasteiger partial charge in [-0.25, -0.2) is 4.98 Å². The molecule has 1 heterocycles. The summed E-state index contributed by atoms with van der Waals surface area (Å²) in [6.45, 7) is 4.59. The lowest BCUT2D eigenvalue weighted by Crippen LogP contribution is -2.07. The topological polar surface area (TPSA) is 51.2 Å². The molecule has 1 N–H and O–H groups in total. The van der Waals surface area contributed by atoms with Crippen molar-refractivity contribution in [2.24, 2.45) is 0 Å². The monoisotopic (exact) mass is 518 g/mol. The van der Waals surface area contributed by atoms with Crippen LogP contribution in [0.15, 0.2) is 83.3 Å². The van der Waals surface area contributed by atoms with Crippen molar-refractivity contribution in [1.29, 1.82) is 0 Å². The van der Waals surface area contributed by atoms with Gasteiger partial charge < -0.3 is 4.74 Å². The van der Waals surface area contributed by atoms with Crippen LogP contribution in [0.4, 0.5) is 5.13 Å². The summed E-state index contributed by atoms with van der Waals surface area (Å²) in [6, 6.07) is 23.9. The molecule has 0 fully saturated rings. The highest BCUT2D eigenvalue weighted by Gasteiger charge is 2.11. The number of aryl methyl sites for hydroxylation is 2. The zero-order valence-electron chi connectivity index (χ0n) is 18.3. The number of hydrogen-bond acceptors (Lipinski definition) is 4. The van der Waals surface area contributed by atoms with Gasteiger partial charge in [-0.2, -0.15) is 0 Å². The predicted octanol–water partition coefficient (Wildman–Crippen LogP) is 7.42. The molecule has 33 heavy (non-hydrogen) atoms. The number of anilines is 1. The second-order valence-electron chi connectivity index (χ2n) is 7.60. The average molecular weight is 519 g/mol. The van der Waals surface area contributed by atoms with Crippen LogP contribution >= 0.6 is 27.3 Å². The molecule has 4 nitrogen and oxygen atoms in total. The molecule has 0 aliphatic heterocycles. The minimum atomic E-state index is -0.217. The molecule has 3 aromatic carbocycles. The minimum Gasteiger partial charge on any atom is -0.489 e. The van der Waals surface area contributed by atoms with Gasteiger partial charge in [0, 0.05) is 21.0 Å². The molecule has 4 aromatic rings. The van der Waals surface area contributed by atoms with E-state index in [1.54, 1.807) is 6.08 Å². The van der Waals surface area contributed by atoms with Crippen molar-refractivity contribution < 1.29 is 9.53 Å². The lowest BCUT2D eigenvalue weighted by molar-refractivity contribution is -0.111. The number of amides is 1. The zero-order valence-corrected chi connectivity index (χ0v) is 20.7. The van der Waals surface area contributed by atoms with Crippen LogP contribution in [-0.4, -0.2) is 10.9 Å². The van der Waals surface area contributed by atoms with Gasteiger partial charge in [-0.1, -0.05) is 70.0 Å². The summed E-state index contributed by atoms with van der Waals surface area (Å²) in [7, 11) is 0. The molecule has 1 aromatic heterocycles. The summed E-state index contributed by atoms with van der Waals surface area (Å²) in [6.07, 6.45) is 3.29. The molecule has 0 bridgehead atoms. The first-order valence-corrected chi connectivity index (χ1v) is 12.1. The molecule has 4 rings (SSSR count). The number of thiazole rings is 1. The summed E-state index contributed by atoms with van der Waals surface area (Å²) >= 11 is 4.91. The fourth-order valence-electron chi connectivity index (χ4n) is 3.17. The first-order valence-electron chi connectivity index (χ1n) is 10.5. The van der Waals surface area contributed by atoms with Crippen LogP contribution < -0.4 is 10.1 Å². The van der Waals surface area contributed by atoms with Crippen LogP contribution in [0.5, 0.6) is 5.75 Å². The van der Waals surface area contributed by atoms with Crippen LogP contribution in [0, 0.1) is 13.8 Å². The fraction of sp³-hybridized carbons (Fsp3) is 0.111. The molecule has 1 amide bonds. The van der Waals surface area contributed by atoms with Crippen molar-refractivity contribution in [3.63, 3.8) is 0 Å². The van der Waals surface area contributed by atoms with Gasteiger partial charge in [-0.05, 0) is 55.3 Å². The quantitative estimate of drug-likeness (QED) is 0.259. The van der Waals surface area contributed by atoms with E-state index in [-0.39, 0.29) is 5.91 Å². The van der Waals surface area contributed by atoms with E-state index >= 15 is 0 Å². The van der Waals surface area contributed by atoms with Gasteiger partial charge in [0.05, 0.1) is 5.69 Å². The van der Waals surface area contributed by atoms with E-state index < -0.39 is 0 Å². The number of ether oxygens (including phenoxy) is 1. The number of rotatable bonds is 7. The van der Waals surface area contributed by atoms with Crippen molar-refractivity contribution in [2.45, 2.75) is 20.5 Å². The van der Waals surface area contributed by atoms with Crippen LogP contribution in [0.2, 0.25) is 0 Å². The summed E-state index contributed by atoms with van der Waals surface area (Å²) in [5, 5.41) is 3.44. The summed E-state index contributed by atoms with van der Waals surface area (Å²) in [5.74, 6) is 0.571. The number of hydrogen-bond donors (Lipinski definition) is 1. The Hall–Kier alpha value is -3.22. The minimum absolute atomic E-state index is 0.217. The van der Waals surface area contributed by atoms with Gasteiger partial charge in [0.1, 0.15) is 12.4 Å². The third-order valence-corrected chi connectivity index (χ3v) is 6.39. The second kappa shape index (κ2) is 10.6. The maximum atomic E-state index is 12.4. The van der Waals surface area contributed by atoms with Gasteiger partial charge >= 0.3 is 0 Å². The first kappa shape index (κ1) is 23.0. The Morgan fingerprint density at radius 1 is 1.00 bits per heavy atom. The van der Waals surface area contributed by atoms with Crippen molar-refractivity contribution in [2.75, 3.05) is 5.32 Å². The van der Waals surface area contributed by atoms with Crippen molar-refractivity contribution in [3.05, 3.63) is 105 Å². The van der Waals surface area contributed by atoms with E-state index in [2.05, 4.69) is 57.4 Å².